The normalized spacial score (nSPS) is 27.8. The molecule has 0 radical (unpaired) electrons. The van der Waals surface area contributed by atoms with E-state index in [9.17, 15) is 15.0 Å². The van der Waals surface area contributed by atoms with Gasteiger partial charge in [0.15, 0.2) is 0 Å². The molecule has 10 heteroatoms. The summed E-state index contributed by atoms with van der Waals surface area (Å²) in [5.74, 6) is -1.61. The molecule has 1 saturated carbocycles. The van der Waals surface area contributed by atoms with E-state index in [-0.39, 0.29) is 19.1 Å². The van der Waals surface area contributed by atoms with Gasteiger partial charge in [0.2, 0.25) is 0 Å². The predicted octanol–water partition coefficient (Wildman–Crippen LogP) is 4.61. The Bertz CT molecular complexity index is 853. The van der Waals surface area contributed by atoms with Crippen LogP contribution in [0.4, 0.5) is 0 Å². The standard InChI is InChI=1S/C26H50O7Si3/c1-19-17-21(24(28)31-14-16-35(5,6)7)26(29,20-11-12-32-25(20)36(8,9)10)23(22(19)27)33-18-30-13-15-34(2,3)4/h11-12,19,21-23,27,29H,13-18H2,1-10H3/t19-,21-,22+,23+,26+/m0/s1. The first-order chi connectivity index (χ1) is 16.4. The van der Waals surface area contributed by atoms with Gasteiger partial charge in [-0.2, -0.15) is 0 Å². The summed E-state index contributed by atoms with van der Waals surface area (Å²) >= 11 is 0. The van der Waals surface area contributed by atoms with Gasteiger partial charge in [-0.3, -0.25) is 4.79 Å². The van der Waals surface area contributed by atoms with Crippen molar-refractivity contribution in [2.45, 2.75) is 102 Å². The minimum Gasteiger partial charge on any atom is -0.474 e. The molecular weight excluding hydrogens is 509 g/mol. The largest absolute Gasteiger partial charge is 0.474 e. The molecule has 0 saturated heterocycles. The number of hydrogen-bond acceptors (Lipinski definition) is 7. The van der Waals surface area contributed by atoms with E-state index in [2.05, 4.69) is 58.9 Å². The molecule has 0 aliphatic heterocycles. The van der Waals surface area contributed by atoms with Gasteiger partial charge in [0.05, 0.1) is 30.3 Å². The van der Waals surface area contributed by atoms with Gasteiger partial charge >= 0.3 is 5.97 Å². The zero-order chi connectivity index (χ0) is 27.5. The lowest BCUT2D eigenvalue weighted by Crippen LogP contribution is -2.63. The number of carbonyl (C=O) groups excluding carboxylic acids is 1. The van der Waals surface area contributed by atoms with Gasteiger partial charge in [0, 0.05) is 28.3 Å². The first-order valence-electron chi connectivity index (χ1n) is 13.2. The topological polar surface area (TPSA) is 98.4 Å². The lowest BCUT2D eigenvalue weighted by atomic mass is 9.65. The second-order valence-corrected chi connectivity index (χ2v) is 30.1. The van der Waals surface area contributed by atoms with E-state index in [1.807, 2.05) is 6.92 Å². The van der Waals surface area contributed by atoms with E-state index >= 15 is 0 Å². The fourth-order valence-electron chi connectivity index (χ4n) is 4.61. The van der Waals surface area contributed by atoms with E-state index in [1.54, 1.807) is 12.3 Å². The quantitative estimate of drug-likeness (QED) is 0.167. The molecule has 2 rings (SSSR count). The third kappa shape index (κ3) is 8.12. The van der Waals surface area contributed by atoms with Crippen LogP contribution in [0.3, 0.4) is 0 Å². The molecule has 36 heavy (non-hydrogen) atoms. The third-order valence-corrected chi connectivity index (χ3v) is 12.1. The Morgan fingerprint density at radius 1 is 1.06 bits per heavy atom. The van der Waals surface area contributed by atoms with Crippen molar-refractivity contribution in [3.05, 3.63) is 17.9 Å². The SMILES string of the molecule is C[C@H]1C[C@@H](C(=O)OCC[Si](C)(C)C)[C@](O)(c2ccoc2[Si](C)(C)C)[C@H](OCOCC[Si](C)(C)C)[C@@H]1O. The lowest BCUT2D eigenvalue weighted by Gasteiger charge is -2.49. The molecule has 0 amide bonds. The highest BCUT2D eigenvalue weighted by molar-refractivity contribution is 6.88. The fourth-order valence-corrected chi connectivity index (χ4v) is 7.60. The molecule has 1 aromatic rings. The highest BCUT2D eigenvalue weighted by atomic mass is 28.3. The maximum atomic E-state index is 13.5. The molecular formula is C26H50O7Si3. The summed E-state index contributed by atoms with van der Waals surface area (Å²) < 4.78 is 23.5. The molecule has 1 aliphatic rings. The van der Waals surface area contributed by atoms with Crippen LogP contribution in [0.15, 0.2) is 16.7 Å². The summed E-state index contributed by atoms with van der Waals surface area (Å²) in [6.45, 7) is 22.6. The molecule has 0 unspecified atom stereocenters. The van der Waals surface area contributed by atoms with Crippen LogP contribution in [-0.2, 0) is 24.6 Å². The number of esters is 1. The van der Waals surface area contributed by atoms with Gasteiger partial charge in [-0.1, -0.05) is 65.8 Å². The number of furan rings is 1. The third-order valence-electron chi connectivity index (χ3n) is 6.95. The molecule has 1 aliphatic carbocycles. The highest BCUT2D eigenvalue weighted by Crippen LogP contribution is 2.46. The van der Waals surface area contributed by atoms with Crippen LogP contribution in [0.2, 0.25) is 71.0 Å². The van der Waals surface area contributed by atoms with Crippen LogP contribution in [0.5, 0.6) is 0 Å². The molecule has 2 N–H and O–H groups in total. The molecule has 0 bridgehead atoms. The van der Waals surface area contributed by atoms with Crippen LogP contribution >= 0.6 is 0 Å². The molecule has 1 aromatic heterocycles. The van der Waals surface area contributed by atoms with Gasteiger partial charge in [0.25, 0.3) is 0 Å². The van der Waals surface area contributed by atoms with Crippen LogP contribution in [-0.4, -0.2) is 72.6 Å². The van der Waals surface area contributed by atoms with Gasteiger partial charge in [-0.05, 0) is 30.5 Å². The minimum absolute atomic E-state index is 0.0707. The Kier molecular flexibility index (Phi) is 10.5. The monoisotopic (exact) mass is 558 g/mol. The van der Waals surface area contributed by atoms with Crippen molar-refractivity contribution in [3.8, 4) is 0 Å². The zero-order valence-electron chi connectivity index (χ0n) is 24.1. The first kappa shape index (κ1) is 31.5. The number of aliphatic hydroxyl groups is 2. The summed E-state index contributed by atoms with van der Waals surface area (Å²) in [5, 5.41) is 24.4. The van der Waals surface area contributed by atoms with Gasteiger partial charge < -0.3 is 28.8 Å². The number of rotatable bonds is 12. The van der Waals surface area contributed by atoms with Crippen molar-refractivity contribution >= 4 is 35.6 Å². The average molecular weight is 559 g/mol. The van der Waals surface area contributed by atoms with E-state index in [0.29, 0.717) is 24.2 Å². The van der Waals surface area contributed by atoms with Crippen LogP contribution < -0.4 is 5.38 Å². The predicted molar refractivity (Wildman–Crippen MR) is 152 cm³/mol. The molecule has 0 spiro atoms. The molecule has 5 atom stereocenters. The summed E-state index contributed by atoms with van der Waals surface area (Å²) in [4.78, 5) is 13.5. The van der Waals surface area contributed by atoms with E-state index in [4.69, 9.17) is 18.6 Å². The van der Waals surface area contributed by atoms with Crippen molar-refractivity contribution in [2.24, 2.45) is 11.8 Å². The van der Waals surface area contributed by atoms with Crippen LogP contribution in [0, 0.1) is 11.8 Å². The summed E-state index contributed by atoms with van der Waals surface area (Å²) in [6.07, 6.45) is -0.197. The van der Waals surface area contributed by atoms with E-state index < -0.39 is 53.9 Å². The van der Waals surface area contributed by atoms with Crippen LogP contribution in [0.1, 0.15) is 18.9 Å². The summed E-state index contributed by atoms with van der Waals surface area (Å²) in [6, 6.07) is 3.55. The summed E-state index contributed by atoms with van der Waals surface area (Å²) in [7, 11) is -4.71. The van der Waals surface area contributed by atoms with Crippen molar-refractivity contribution in [2.75, 3.05) is 20.0 Å². The Hall–Kier alpha value is -0.759. The first-order valence-corrected chi connectivity index (χ1v) is 24.1. The second kappa shape index (κ2) is 12.0. The Labute approximate surface area is 220 Å². The van der Waals surface area contributed by atoms with Crippen molar-refractivity contribution < 1.29 is 33.6 Å². The Balaban J connectivity index is 2.40. The maximum Gasteiger partial charge on any atom is 0.312 e. The zero-order valence-corrected chi connectivity index (χ0v) is 27.1. The van der Waals surface area contributed by atoms with Crippen molar-refractivity contribution in [1.82, 2.24) is 0 Å². The fraction of sp³-hybridized carbons (Fsp3) is 0.808. The smallest absolute Gasteiger partial charge is 0.312 e. The number of aliphatic hydroxyl groups excluding tert-OH is 1. The van der Waals surface area contributed by atoms with Gasteiger partial charge in [0.1, 0.15) is 26.6 Å². The van der Waals surface area contributed by atoms with Crippen molar-refractivity contribution in [3.63, 3.8) is 0 Å². The number of hydrogen-bond donors (Lipinski definition) is 2. The second-order valence-electron chi connectivity index (χ2n) is 13.9. The molecule has 7 nitrogen and oxygen atoms in total. The highest BCUT2D eigenvalue weighted by Gasteiger charge is 2.59. The van der Waals surface area contributed by atoms with Crippen LogP contribution in [0.25, 0.3) is 0 Å². The average Bonchev–Trinajstić information content (AvgIpc) is 3.22. The Morgan fingerprint density at radius 2 is 1.64 bits per heavy atom. The van der Waals surface area contributed by atoms with Crippen molar-refractivity contribution in [1.29, 1.82) is 0 Å². The lowest BCUT2D eigenvalue weighted by molar-refractivity contribution is -0.248. The molecule has 0 aromatic carbocycles. The molecule has 208 valence electrons. The Morgan fingerprint density at radius 3 is 2.19 bits per heavy atom. The van der Waals surface area contributed by atoms with E-state index in [0.717, 1.165) is 12.1 Å². The molecule has 1 heterocycles. The molecule has 1 fully saturated rings. The maximum absolute atomic E-state index is 13.5. The summed E-state index contributed by atoms with van der Waals surface area (Å²) in [5.41, 5.74) is -1.28. The number of carbonyl (C=O) groups is 1. The van der Waals surface area contributed by atoms with Gasteiger partial charge in [-0.25, -0.2) is 0 Å². The van der Waals surface area contributed by atoms with E-state index in [1.165, 1.54) is 0 Å². The minimum atomic E-state index is -2.04. The number of ether oxygens (including phenoxy) is 3. The van der Waals surface area contributed by atoms with Gasteiger partial charge in [-0.15, -0.1) is 0 Å².